The van der Waals surface area contributed by atoms with E-state index in [1.807, 2.05) is 24.4 Å². The Morgan fingerprint density at radius 1 is 1.22 bits per heavy atom. The van der Waals surface area contributed by atoms with Gasteiger partial charge >= 0.3 is 0 Å². The molecule has 2 aliphatic rings. The summed E-state index contributed by atoms with van der Waals surface area (Å²) in [4.78, 5) is 15.8. The number of aromatic amines is 1. The molecular formula is C19H19ClN2O. The second-order valence-electron chi connectivity index (χ2n) is 6.24. The van der Waals surface area contributed by atoms with Crippen molar-refractivity contribution >= 4 is 34.8 Å². The summed E-state index contributed by atoms with van der Waals surface area (Å²) in [6.07, 6.45) is 9.57. The fraction of sp³-hybridized carbons (Fsp3) is 0.316. The SMILES string of the molecule is O=C1Nc2ccc(CCCl)cc2C1=Cc1c[nH]c2c1CCCC2. The Kier molecular flexibility index (Phi) is 3.74. The highest BCUT2D eigenvalue weighted by molar-refractivity contribution is 6.35. The summed E-state index contributed by atoms with van der Waals surface area (Å²) in [6.45, 7) is 0. The summed E-state index contributed by atoms with van der Waals surface area (Å²) in [5, 5.41) is 2.96. The zero-order chi connectivity index (χ0) is 15.8. The number of alkyl halides is 1. The Morgan fingerprint density at radius 2 is 2.09 bits per heavy atom. The first-order valence-electron chi connectivity index (χ1n) is 8.17. The highest BCUT2D eigenvalue weighted by Crippen LogP contribution is 2.35. The predicted octanol–water partition coefficient (Wildman–Crippen LogP) is 4.17. The summed E-state index contributed by atoms with van der Waals surface area (Å²) in [7, 11) is 0. The molecule has 1 aliphatic heterocycles. The number of hydrogen-bond donors (Lipinski definition) is 2. The van der Waals surface area contributed by atoms with Gasteiger partial charge in [-0.05, 0) is 67.0 Å². The largest absolute Gasteiger partial charge is 0.364 e. The van der Waals surface area contributed by atoms with E-state index in [0.29, 0.717) is 5.88 Å². The summed E-state index contributed by atoms with van der Waals surface area (Å²) in [5.74, 6) is 0.568. The van der Waals surface area contributed by atoms with Crippen LogP contribution in [-0.4, -0.2) is 16.8 Å². The molecule has 0 unspecified atom stereocenters. The summed E-state index contributed by atoms with van der Waals surface area (Å²) in [6, 6.07) is 6.09. The number of aromatic nitrogens is 1. The van der Waals surface area contributed by atoms with Crippen molar-refractivity contribution in [1.29, 1.82) is 0 Å². The fourth-order valence-corrected chi connectivity index (χ4v) is 3.78. The number of benzene rings is 1. The van der Waals surface area contributed by atoms with Crippen LogP contribution in [0.15, 0.2) is 24.4 Å². The zero-order valence-electron chi connectivity index (χ0n) is 12.9. The average molecular weight is 327 g/mol. The summed E-state index contributed by atoms with van der Waals surface area (Å²) >= 11 is 5.85. The van der Waals surface area contributed by atoms with Crippen LogP contribution in [0.4, 0.5) is 5.69 Å². The Balaban J connectivity index is 1.76. The van der Waals surface area contributed by atoms with Gasteiger partial charge in [0.2, 0.25) is 0 Å². The van der Waals surface area contributed by atoms with Gasteiger partial charge in [-0.15, -0.1) is 11.6 Å². The number of nitrogens with one attached hydrogen (secondary N) is 2. The number of amides is 1. The van der Waals surface area contributed by atoms with Gasteiger partial charge in [-0.3, -0.25) is 4.79 Å². The standard InChI is InChI=1S/C19H19ClN2O/c20-8-7-12-5-6-18-15(9-12)16(19(23)22-18)10-13-11-21-17-4-2-1-3-14(13)17/h5-6,9-11,21H,1-4,7-8H2,(H,22,23). The van der Waals surface area contributed by atoms with Crippen molar-refractivity contribution < 1.29 is 4.79 Å². The van der Waals surface area contributed by atoms with Gasteiger partial charge < -0.3 is 10.3 Å². The first-order valence-corrected chi connectivity index (χ1v) is 8.71. The van der Waals surface area contributed by atoms with E-state index in [4.69, 9.17) is 11.6 Å². The number of aryl methyl sites for hydroxylation is 2. The third kappa shape index (κ3) is 2.59. The third-order valence-corrected chi connectivity index (χ3v) is 4.96. The number of fused-ring (bicyclic) bond motifs is 2. The zero-order valence-corrected chi connectivity index (χ0v) is 13.7. The van der Waals surface area contributed by atoms with Crippen LogP contribution in [-0.2, 0) is 24.1 Å². The van der Waals surface area contributed by atoms with E-state index in [1.165, 1.54) is 24.1 Å². The Hall–Kier alpha value is -2.00. The summed E-state index contributed by atoms with van der Waals surface area (Å²) < 4.78 is 0. The molecule has 1 aromatic carbocycles. The quantitative estimate of drug-likeness (QED) is 0.645. The molecule has 2 N–H and O–H groups in total. The molecule has 3 nitrogen and oxygen atoms in total. The van der Waals surface area contributed by atoms with Crippen LogP contribution in [0.1, 0.15) is 40.8 Å². The maximum atomic E-state index is 12.4. The topological polar surface area (TPSA) is 44.9 Å². The molecule has 1 aromatic heterocycles. The van der Waals surface area contributed by atoms with Crippen LogP contribution in [0.2, 0.25) is 0 Å². The molecule has 0 fully saturated rings. The average Bonchev–Trinajstić information content (AvgIpc) is 3.10. The van der Waals surface area contributed by atoms with E-state index in [1.54, 1.807) is 0 Å². The van der Waals surface area contributed by atoms with Crippen molar-refractivity contribution in [2.75, 3.05) is 11.2 Å². The van der Waals surface area contributed by atoms with Crippen molar-refractivity contribution in [3.8, 4) is 0 Å². The van der Waals surface area contributed by atoms with Crippen LogP contribution in [0, 0.1) is 0 Å². The van der Waals surface area contributed by atoms with Crippen LogP contribution in [0.25, 0.3) is 11.6 Å². The minimum absolute atomic E-state index is 0.0196. The third-order valence-electron chi connectivity index (χ3n) is 4.77. The first kappa shape index (κ1) is 14.6. The number of H-pyrrole nitrogens is 1. The van der Waals surface area contributed by atoms with Gasteiger partial charge in [-0.25, -0.2) is 0 Å². The second kappa shape index (κ2) is 5.89. The predicted molar refractivity (Wildman–Crippen MR) is 94.8 cm³/mol. The highest BCUT2D eigenvalue weighted by atomic mass is 35.5. The van der Waals surface area contributed by atoms with Crippen molar-refractivity contribution in [3.05, 3.63) is 52.3 Å². The molecule has 0 bridgehead atoms. The van der Waals surface area contributed by atoms with Gasteiger partial charge in [0.1, 0.15) is 0 Å². The molecule has 0 spiro atoms. The lowest BCUT2D eigenvalue weighted by Gasteiger charge is -2.11. The van der Waals surface area contributed by atoms with Gasteiger partial charge in [0, 0.05) is 34.6 Å². The minimum Gasteiger partial charge on any atom is -0.364 e. The molecule has 0 saturated heterocycles. The van der Waals surface area contributed by atoms with Crippen molar-refractivity contribution in [1.82, 2.24) is 4.98 Å². The maximum Gasteiger partial charge on any atom is 0.256 e. The Bertz CT molecular complexity index is 804. The number of halogens is 1. The minimum atomic E-state index is -0.0196. The van der Waals surface area contributed by atoms with E-state index in [9.17, 15) is 4.79 Å². The van der Waals surface area contributed by atoms with Crippen molar-refractivity contribution in [3.63, 3.8) is 0 Å². The lowest BCUT2D eigenvalue weighted by atomic mass is 9.93. The van der Waals surface area contributed by atoms with Crippen molar-refractivity contribution in [2.45, 2.75) is 32.1 Å². The lowest BCUT2D eigenvalue weighted by molar-refractivity contribution is -0.110. The number of carbonyl (C=O) groups is 1. The molecule has 4 heteroatoms. The van der Waals surface area contributed by atoms with Gasteiger partial charge in [0.15, 0.2) is 0 Å². The van der Waals surface area contributed by atoms with Crippen LogP contribution in [0.3, 0.4) is 0 Å². The first-order chi connectivity index (χ1) is 11.3. The maximum absolute atomic E-state index is 12.4. The normalized spacial score (nSPS) is 18.0. The Morgan fingerprint density at radius 3 is 2.96 bits per heavy atom. The molecule has 1 aliphatic carbocycles. The molecule has 2 heterocycles. The molecular weight excluding hydrogens is 308 g/mol. The smallest absolute Gasteiger partial charge is 0.256 e. The van der Waals surface area contributed by atoms with Crippen LogP contribution >= 0.6 is 11.6 Å². The van der Waals surface area contributed by atoms with E-state index in [-0.39, 0.29) is 5.91 Å². The molecule has 1 amide bonds. The van der Waals surface area contributed by atoms with E-state index >= 15 is 0 Å². The van der Waals surface area contributed by atoms with E-state index < -0.39 is 0 Å². The van der Waals surface area contributed by atoms with Gasteiger partial charge in [-0.2, -0.15) is 0 Å². The van der Waals surface area contributed by atoms with Crippen LogP contribution in [0.5, 0.6) is 0 Å². The second-order valence-corrected chi connectivity index (χ2v) is 6.62. The summed E-state index contributed by atoms with van der Waals surface area (Å²) in [5.41, 5.74) is 7.66. The number of carbonyl (C=O) groups excluding carboxylic acids is 1. The van der Waals surface area contributed by atoms with Gasteiger partial charge in [-0.1, -0.05) is 6.07 Å². The fourth-order valence-electron chi connectivity index (χ4n) is 3.56. The Labute approximate surface area is 140 Å². The molecule has 4 rings (SSSR count). The molecule has 118 valence electrons. The van der Waals surface area contributed by atoms with Gasteiger partial charge in [0.25, 0.3) is 5.91 Å². The number of anilines is 1. The molecule has 0 saturated carbocycles. The van der Waals surface area contributed by atoms with E-state index in [2.05, 4.69) is 16.4 Å². The molecule has 0 atom stereocenters. The van der Waals surface area contributed by atoms with Crippen molar-refractivity contribution in [2.24, 2.45) is 0 Å². The molecule has 23 heavy (non-hydrogen) atoms. The van der Waals surface area contributed by atoms with Gasteiger partial charge in [0.05, 0.1) is 0 Å². The highest BCUT2D eigenvalue weighted by Gasteiger charge is 2.25. The molecule has 0 radical (unpaired) electrons. The van der Waals surface area contributed by atoms with E-state index in [0.717, 1.165) is 47.2 Å². The lowest BCUT2D eigenvalue weighted by Crippen LogP contribution is -2.04. The number of rotatable bonds is 3. The molecule has 2 aromatic rings. The monoisotopic (exact) mass is 326 g/mol. The number of hydrogen-bond acceptors (Lipinski definition) is 1. The van der Waals surface area contributed by atoms with Crippen LogP contribution < -0.4 is 5.32 Å².